The molecule has 2 amide bonds. The molecule has 8 fully saturated rings. The van der Waals surface area contributed by atoms with E-state index in [1.54, 1.807) is 59.4 Å². The molecule has 4 atom stereocenters. The second kappa shape index (κ2) is 25.3. The first-order chi connectivity index (χ1) is 46.8. The van der Waals surface area contributed by atoms with Gasteiger partial charge in [0.15, 0.2) is 21.7 Å². The van der Waals surface area contributed by atoms with Gasteiger partial charge in [-0.3, -0.25) is 9.59 Å². The first kappa shape index (κ1) is 69.2. The van der Waals surface area contributed by atoms with Crippen LogP contribution in [0.2, 0.25) is 5.15 Å². The Morgan fingerprint density at radius 3 is 1.91 bits per heavy atom. The summed E-state index contributed by atoms with van der Waals surface area (Å²) in [6.45, 7) is 26.6. The zero-order chi connectivity index (χ0) is 69.9. The number of nitrogens with zero attached hydrogens (tertiary/aromatic N) is 9. The summed E-state index contributed by atoms with van der Waals surface area (Å²) >= 11 is 6.40. The minimum absolute atomic E-state index is 0.0843. The van der Waals surface area contributed by atoms with Crippen molar-refractivity contribution in [2.45, 2.75) is 193 Å². The summed E-state index contributed by atoms with van der Waals surface area (Å²) in [4.78, 5) is 47.2. The van der Waals surface area contributed by atoms with Crippen LogP contribution in [0.4, 0.5) is 17.5 Å². The predicted molar refractivity (Wildman–Crippen MR) is 380 cm³/mol. The van der Waals surface area contributed by atoms with Crippen LogP contribution in [0, 0.1) is 68.0 Å². The fourth-order valence-corrected chi connectivity index (χ4v) is 20.9. The van der Waals surface area contributed by atoms with Crippen molar-refractivity contribution in [2.75, 3.05) is 54.9 Å². The number of anilines is 3. The molecule has 6 saturated carbocycles. The quantitative estimate of drug-likeness (QED) is 0.0444. The Bertz CT molecular complexity index is 4260. The maximum atomic E-state index is 13.8. The zero-order valence-electron chi connectivity index (χ0n) is 59.1. The molecule has 0 aromatic carbocycles. The smallest absolute Gasteiger partial charge is 0.281 e. The number of ether oxygens (including phenoxy) is 2. The van der Waals surface area contributed by atoms with Crippen LogP contribution in [0.15, 0.2) is 95.2 Å². The number of hydrogen-bond acceptors (Lipinski definition) is 18. The summed E-state index contributed by atoms with van der Waals surface area (Å²) in [6, 6.07) is 19.5. The highest BCUT2D eigenvalue weighted by atomic mass is 35.5. The fraction of sp³-hybridized carbons (Fsp3) is 0.622. The van der Waals surface area contributed by atoms with Crippen LogP contribution in [0.5, 0.6) is 11.8 Å². The molecular formula is C74H99ClN14O8S2. The first-order valence-corrected chi connectivity index (χ1v) is 39.3. The van der Waals surface area contributed by atoms with Crippen molar-refractivity contribution in [1.82, 2.24) is 54.3 Å². The van der Waals surface area contributed by atoms with E-state index in [4.69, 9.17) is 26.1 Å². The Balaban J connectivity index is 0.000000169. The highest BCUT2D eigenvalue weighted by molar-refractivity contribution is 7.90. The van der Waals surface area contributed by atoms with Crippen LogP contribution in [0.1, 0.15) is 193 Å². The van der Waals surface area contributed by atoms with E-state index in [1.807, 2.05) is 12.3 Å². The summed E-state index contributed by atoms with van der Waals surface area (Å²) in [7, 11) is -8.57. The molecular weight excluding hydrogens is 1310 g/mol. The molecule has 2 saturated heterocycles. The van der Waals surface area contributed by atoms with Gasteiger partial charge >= 0.3 is 0 Å². The maximum Gasteiger partial charge on any atom is 0.281 e. The van der Waals surface area contributed by atoms with E-state index in [9.17, 15) is 26.4 Å². The number of amides is 2. The Morgan fingerprint density at radius 1 is 0.727 bits per heavy atom. The summed E-state index contributed by atoms with van der Waals surface area (Å²) in [6.07, 6.45) is 22.9. The number of carbonyl (C=O) groups is 2. The van der Waals surface area contributed by atoms with Gasteiger partial charge in [-0.2, -0.15) is 16.8 Å². The third kappa shape index (κ3) is 14.5. The molecule has 5 N–H and O–H groups in total. The van der Waals surface area contributed by atoms with Crippen LogP contribution >= 0.6 is 11.6 Å². The van der Waals surface area contributed by atoms with E-state index in [0.717, 1.165) is 69.7 Å². The number of hydrogen-bond donors (Lipinski definition) is 5. The minimum atomic E-state index is -4.30. The highest BCUT2D eigenvalue weighted by Gasteiger charge is 2.86. The lowest BCUT2D eigenvalue weighted by Gasteiger charge is -2.34. The number of sulfonamides is 2. The second-order valence-corrected chi connectivity index (χ2v) is 37.8. The van der Waals surface area contributed by atoms with Gasteiger partial charge in [-0.1, -0.05) is 65.3 Å². The number of aromatic nitrogens is 8. The topological polar surface area (TPSA) is 271 Å². The van der Waals surface area contributed by atoms with Crippen LogP contribution in [0.25, 0.3) is 11.6 Å². The van der Waals surface area contributed by atoms with E-state index in [0.29, 0.717) is 119 Å². The highest BCUT2D eigenvalue weighted by Crippen LogP contribution is 2.94. The molecule has 6 aliphatic carbocycles. The Hall–Kier alpha value is -6.89. The maximum absolute atomic E-state index is 13.8. The number of nitrogens with one attached hydrogen (secondary N) is 5. The molecule has 532 valence electrons. The second-order valence-electron chi connectivity index (χ2n) is 34.2. The summed E-state index contributed by atoms with van der Waals surface area (Å²) in [5.41, 5.74) is 2.81. The minimum Gasteiger partial charge on any atom is -0.477 e. The largest absolute Gasteiger partial charge is 0.477 e. The lowest BCUT2D eigenvalue weighted by atomic mass is 9.79. The third-order valence-electron chi connectivity index (χ3n) is 23.3. The molecule has 4 bridgehead atoms. The molecule has 6 aromatic rings. The summed E-state index contributed by atoms with van der Waals surface area (Å²) in [5.74, 6) is 4.91. The average Bonchev–Trinajstić information content (AvgIpc) is 1.45. The van der Waals surface area contributed by atoms with Crippen molar-refractivity contribution in [3.63, 3.8) is 0 Å². The molecule has 25 heteroatoms. The predicted octanol–water partition coefficient (Wildman–Crippen LogP) is 12.8. The fourth-order valence-electron chi connectivity index (χ4n) is 18.8. The molecule has 15 rings (SSSR count). The number of carbonyl (C=O) groups excluding carboxylic acids is 2. The van der Waals surface area contributed by atoms with Crippen LogP contribution in [-0.4, -0.2) is 119 Å². The van der Waals surface area contributed by atoms with Crippen LogP contribution in [-0.2, 0) is 20.0 Å². The SMILES string of the molecule is CC(C)(C)CC(CNc1cccc(S(=O)(=O)NC(=O)c2ccc(-n3ccc(OCCC4C5(CC5)C45CC5)n3)nc2Cl)n1)C[C@@H]1CNC(C)(C)C1.CC(C)(C)CC1CNc2cccc(n2)S(=O)(=O)NC(=O)c2ccc(-n3ccc(OCCC4C5(CC5)C45CC5)n3)nc2N2C[C@@H](C1)CC2(C)C. The van der Waals surface area contributed by atoms with Gasteiger partial charge in [-0.25, -0.2) is 38.7 Å². The molecule has 22 nitrogen and oxygen atoms in total. The molecule has 0 radical (unpaired) electrons. The zero-order valence-corrected chi connectivity index (χ0v) is 61.5. The molecule has 9 aliphatic rings. The lowest BCUT2D eigenvalue weighted by molar-refractivity contribution is 0.0972. The Labute approximate surface area is 588 Å². The van der Waals surface area contributed by atoms with Crippen molar-refractivity contribution in [2.24, 2.45) is 68.0 Å². The van der Waals surface area contributed by atoms with E-state index >= 15 is 0 Å². The van der Waals surface area contributed by atoms with Gasteiger partial charge in [-0.15, -0.1) is 10.2 Å². The normalized spacial score (nSPS) is 23.9. The summed E-state index contributed by atoms with van der Waals surface area (Å²) in [5, 5.41) is 18.9. The van der Waals surface area contributed by atoms with E-state index < -0.39 is 31.9 Å². The van der Waals surface area contributed by atoms with Crippen molar-refractivity contribution >= 4 is 60.9 Å². The van der Waals surface area contributed by atoms with Crippen molar-refractivity contribution in [1.29, 1.82) is 0 Å². The van der Waals surface area contributed by atoms with E-state index in [1.165, 1.54) is 74.2 Å². The number of fused-ring (bicyclic) bond motifs is 8. The van der Waals surface area contributed by atoms with Crippen molar-refractivity contribution in [3.8, 4) is 23.4 Å². The van der Waals surface area contributed by atoms with Gasteiger partial charge in [0.05, 0.1) is 24.3 Å². The van der Waals surface area contributed by atoms with Crippen LogP contribution < -0.4 is 39.8 Å². The van der Waals surface area contributed by atoms with Gasteiger partial charge in [0.1, 0.15) is 22.6 Å². The molecule has 4 spiro atoms. The van der Waals surface area contributed by atoms with Crippen molar-refractivity contribution < 1.29 is 35.9 Å². The molecule has 99 heavy (non-hydrogen) atoms. The average molecular weight is 1410 g/mol. The number of rotatable bonds is 20. The van der Waals surface area contributed by atoms with Gasteiger partial charge in [-0.05, 0) is 254 Å². The van der Waals surface area contributed by atoms with Gasteiger partial charge in [0.2, 0.25) is 11.8 Å². The van der Waals surface area contributed by atoms with Crippen molar-refractivity contribution in [3.05, 3.63) is 101 Å². The molecule has 9 heterocycles. The number of halogens is 1. The molecule has 3 aliphatic heterocycles. The van der Waals surface area contributed by atoms with E-state index in [-0.39, 0.29) is 48.2 Å². The lowest BCUT2D eigenvalue weighted by Crippen LogP contribution is -2.41. The summed E-state index contributed by atoms with van der Waals surface area (Å²) < 4.78 is 73.1. The van der Waals surface area contributed by atoms with Gasteiger partial charge in [0, 0.05) is 55.2 Å². The monoisotopic (exact) mass is 1410 g/mol. The van der Waals surface area contributed by atoms with Crippen LogP contribution in [0.3, 0.4) is 0 Å². The molecule has 2 unspecified atom stereocenters. The first-order valence-electron chi connectivity index (χ1n) is 35.9. The van der Waals surface area contributed by atoms with Gasteiger partial charge in [0.25, 0.3) is 31.9 Å². The Morgan fingerprint density at radius 2 is 1.33 bits per heavy atom. The van der Waals surface area contributed by atoms with Gasteiger partial charge < -0.3 is 30.3 Å². The number of pyridine rings is 4. The van der Waals surface area contributed by atoms with E-state index in [2.05, 4.69) is 125 Å². The standard InChI is InChI=1S/C37H50ClN7O4S.C37H49N7O4S/c1-34(2,3)20-24(19-25-21-35(4,5)40-23-25)22-39-28-7-6-8-31(41-28)50(47,48)44-33(46)26-9-10-29(42-32(26)38)45-17-11-30(43-45)49-18-12-27-36(13-14-36)37(27)15-16-37;1-34(2,3)20-24-19-25-21-35(4,5)43(23-25)32-26(33(45)42-49(46,47)31-8-6-7-28(39-31)38-22-24)9-10-29(40-32)44-17-11-30(41-44)48-18-12-27-36(13-14-36)37(27)15-16-37/h6-11,17,24-25,27,40H,12-16,18-23H2,1-5H3,(H,39,41)(H,44,46);6-11,17,24-25,27H,12-16,18-23H2,1-5H3,(H,38,39)(H,42,45)/t2*24?,25-/m00/s1. The molecule has 6 aromatic heterocycles. The third-order valence-corrected chi connectivity index (χ3v) is 26.1. The Kier molecular flexibility index (Phi) is 17.7.